The highest BCUT2D eigenvalue weighted by molar-refractivity contribution is 7.14. The van der Waals surface area contributed by atoms with E-state index in [1.165, 1.54) is 11.3 Å². The van der Waals surface area contributed by atoms with Gasteiger partial charge >= 0.3 is 0 Å². The standard InChI is InChI=1S/C9H10ClNOS/c10-8-4-6(5-13-8)9(11)7-2-1-3-12-7/h2,4-5,9H,1,3,11H2. The van der Waals surface area contributed by atoms with Crippen LogP contribution in [0.25, 0.3) is 0 Å². The highest BCUT2D eigenvalue weighted by Crippen LogP contribution is 2.29. The van der Waals surface area contributed by atoms with Crippen LogP contribution in [0.5, 0.6) is 0 Å². The lowest BCUT2D eigenvalue weighted by molar-refractivity contribution is 0.225. The number of ether oxygens (including phenoxy) is 1. The number of nitrogens with two attached hydrogens (primary N) is 1. The van der Waals surface area contributed by atoms with Gasteiger partial charge in [-0.15, -0.1) is 11.3 Å². The highest BCUT2D eigenvalue weighted by Gasteiger charge is 2.17. The van der Waals surface area contributed by atoms with Crippen molar-refractivity contribution in [1.29, 1.82) is 0 Å². The lowest BCUT2D eigenvalue weighted by Crippen LogP contribution is -2.12. The fraction of sp³-hybridized carbons (Fsp3) is 0.333. The summed E-state index contributed by atoms with van der Waals surface area (Å²) < 4.78 is 6.14. The summed E-state index contributed by atoms with van der Waals surface area (Å²) >= 11 is 7.31. The zero-order valence-electron chi connectivity index (χ0n) is 7.00. The largest absolute Gasteiger partial charge is 0.496 e. The van der Waals surface area contributed by atoms with Crippen molar-refractivity contribution < 1.29 is 4.74 Å². The van der Waals surface area contributed by atoms with Crippen LogP contribution in [0.4, 0.5) is 0 Å². The van der Waals surface area contributed by atoms with Gasteiger partial charge in [-0.3, -0.25) is 0 Å². The fourth-order valence-electron chi connectivity index (χ4n) is 1.30. The van der Waals surface area contributed by atoms with Crippen molar-refractivity contribution in [3.8, 4) is 0 Å². The van der Waals surface area contributed by atoms with Gasteiger partial charge in [0.25, 0.3) is 0 Å². The maximum Gasteiger partial charge on any atom is 0.113 e. The minimum atomic E-state index is -0.147. The molecule has 2 heterocycles. The van der Waals surface area contributed by atoms with Crippen molar-refractivity contribution in [2.45, 2.75) is 12.5 Å². The van der Waals surface area contributed by atoms with Crippen LogP contribution in [-0.4, -0.2) is 6.61 Å². The Morgan fingerprint density at radius 3 is 3.00 bits per heavy atom. The second-order valence-electron chi connectivity index (χ2n) is 2.91. The van der Waals surface area contributed by atoms with Crippen molar-refractivity contribution in [1.82, 2.24) is 0 Å². The Hall–Kier alpha value is -0.510. The van der Waals surface area contributed by atoms with E-state index in [-0.39, 0.29) is 6.04 Å². The van der Waals surface area contributed by atoms with Gasteiger partial charge in [-0.1, -0.05) is 11.6 Å². The molecule has 0 fully saturated rings. The van der Waals surface area contributed by atoms with E-state index in [4.69, 9.17) is 22.1 Å². The minimum Gasteiger partial charge on any atom is -0.496 e. The Bertz CT molecular complexity index is 334. The van der Waals surface area contributed by atoms with E-state index in [0.717, 1.165) is 28.7 Å². The number of hydrogen-bond acceptors (Lipinski definition) is 3. The molecule has 0 aromatic carbocycles. The lowest BCUT2D eigenvalue weighted by atomic mass is 10.1. The zero-order chi connectivity index (χ0) is 9.26. The predicted molar refractivity (Wildman–Crippen MR) is 54.9 cm³/mol. The summed E-state index contributed by atoms with van der Waals surface area (Å²) in [4.78, 5) is 0. The summed E-state index contributed by atoms with van der Waals surface area (Å²) in [7, 11) is 0. The molecule has 13 heavy (non-hydrogen) atoms. The third-order valence-corrected chi connectivity index (χ3v) is 3.09. The first-order valence-electron chi connectivity index (χ1n) is 4.10. The molecule has 1 aliphatic heterocycles. The van der Waals surface area contributed by atoms with Gasteiger partial charge in [0.15, 0.2) is 0 Å². The van der Waals surface area contributed by atoms with Crippen molar-refractivity contribution >= 4 is 22.9 Å². The number of halogens is 1. The third kappa shape index (κ3) is 1.88. The molecule has 2 N–H and O–H groups in total. The normalized spacial score (nSPS) is 18.2. The Morgan fingerprint density at radius 2 is 2.46 bits per heavy atom. The van der Waals surface area contributed by atoms with Crippen LogP contribution in [0.2, 0.25) is 4.34 Å². The van der Waals surface area contributed by atoms with Crippen LogP contribution < -0.4 is 5.73 Å². The average Bonchev–Trinajstić information content (AvgIpc) is 2.72. The van der Waals surface area contributed by atoms with Crippen molar-refractivity contribution in [2.75, 3.05) is 6.61 Å². The summed E-state index contributed by atoms with van der Waals surface area (Å²) in [6.45, 7) is 0.751. The van der Waals surface area contributed by atoms with Crippen LogP contribution in [0, 0.1) is 0 Å². The minimum absolute atomic E-state index is 0.147. The number of thiophene rings is 1. The van der Waals surface area contributed by atoms with Crippen LogP contribution in [0.3, 0.4) is 0 Å². The highest BCUT2D eigenvalue weighted by atomic mass is 35.5. The SMILES string of the molecule is NC(C1=CCCO1)c1csc(Cl)c1. The smallest absolute Gasteiger partial charge is 0.113 e. The molecule has 2 rings (SSSR count). The molecular weight excluding hydrogens is 206 g/mol. The topological polar surface area (TPSA) is 35.2 Å². The monoisotopic (exact) mass is 215 g/mol. The van der Waals surface area contributed by atoms with Gasteiger partial charge < -0.3 is 10.5 Å². The van der Waals surface area contributed by atoms with E-state index in [2.05, 4.69) is 0 Å². The van der Waals surface area contributed by atoms with E-state index in [1.807, 2.05) is 17.5 Å². The first-order chi connectivity index (χ1) is 6.27. The first kappa shape index (κ1) is 9.06. The van der Waals surface area contributed by atoms with Crippen molar-refractivity contribution in [3.63, 3.8) is 0 Å². The molecule has 1 aromatic heterocycles. The predicted octanol–water partition coefficient (Wildman–Crippen LogP) is 2.71. The molecule has 0 amide bonds. The molecule has 4 heteroatoms. The Balaban J connectivity index is 2.16. The summed E-state index contributed by atoms with van der Waals surface area (Å²) in [6, 6.07) is 1.74. The molecular formula is C9H10ClNOS. The van der Waals surface area contributed by atoms with Crippen LogP contribution in [-0.2, 0) is 4.74 Å². The van der Waals surface area contributed by atoms with Gasteiger partial charge in [-0.25, -0.2) is 0 Å². The third-order valence-electron chi connectivity index (χ3n) is 1.99. The van der Waals surface area contributed by atoms with Gasteiger partial charge in [0, 0.05) is 6.42 Å². The second kappa shape index (κ2) is 3.70. The molecule has 1 unspecified atom stereocenters. The molecule has 70 valence electrons. The molecule has 0 aliphatic carbocycles. The maximum absolute atomic E-state index is 5.97. The lowest BCUT2D eigenvalue weighted by Gasteiger charge is -2.10. The molecule has 0 spiro atoms. The number of rotatable bonds is 2. The maximum atomic E-state index is 5.97. The van der Waals surface area contributed by atoms with Crippen molar-refractivity contribution in [3.05, 3.63) is 33.2 Å². The van der Waals surface area contributed by atoms with Gasteiger partial charge in [-0.05, 0) is 23.1 Å². The Morgan fingerprint density at radius 1 is 1.62 bits per heavy atom. The summed E-state index contributed by atoms with van der Waals surface area (Å²) in [6.07, 6.45) is 3.00. The van der Waals surface area contributed by atoms with Crippen LogP contribution in [0.15, 0.2) is 23.3 Å². The van der Waals surface area contributed by atoms with Crippen LogP contribution >= 0.6 is 22.9 Å². The molecule has 1 aromatic rings. The van der Waals surface area contributed by atoms with E-state index in [1.54, 1.807) is 0 Å². The summed E-state index contributed by atoms with van der Waals surface area (Å²) in [5.41, 5.74) is 7.00. The molecule has 0 bridgehead atoms. The molecule has 0 saturated heterocycles. The van der Waals surface area contributed by atoms with Gasteiger partial charge in [-0.2, -0.15) is 0 Å². The molecule has 1 atom stereocenters. The Kier molecular flexibility index (Phi) is 2.58. The molecule has 0 radical (unpaired) electrons. The zero-order valence-corrected chi connectivity index (χ0v) is 8.57. The Labute approximate surface area is 86.0 Å². The summed E-state index contributed by atoms with van der Waals surface area (Å²) in [5.74, 6) is 0.870. The number of hydrogen-bond donors (Lipinski definition) is 1. The second-order valence-corrected chi connectivity index (χ2v) is 4.45. The summed E-state index contributed by atoms with van der Waals surface area (Å²) in [5, 5.41) is 1.97. The molecule has 2 nitrogen and oxygen atoms in total. The fourth-order valence-corrected chi connectivity index (χ4v) is 2.23. The first-order valence-corrected chi connectivity index (χ1v) is 5.35. The average molecular weight is 216 g/mol. The van der Waals surface area contributed by atoms with E-state index in [0.29, 0.717) is 0 Å². The van der Waals surface area contributed by atoms with E-state index < -0.39 is 0 Å². The van der Waals surface area contributed by atoms with E-state index in [9.17, 15) is 0 Å². The van der Waals surface area contributed by atoms with E-state index >= 15 is 0 Å². The van der Waals surface area contributed by atoms with Crippen molar-refractivity contribution in [2.24, 2.45) is 5.73 Å². The van der Waals surface area contributed by atoms with Gasteiger partial charge in [0.05, 0.1) is 17.0 Å². The van der Waals surface area contributed by atoms with Gasteiger partial charge in [0.1, 0.15) is 5.76 Å². The molecule has 0 saturated carbocycles. The quantitative estimate of drug-likeness (QED) is 0.824. The van der Waals surface area contributed by atoms with Crippen LogP contribution in [0.1, 0.15) is 18.0 Å². The molecule has 1 aliphatic rings. The van der Waals surface area contributed by atoms with Gasteiger partial charge in [0.2, 0.25) is 0 Å².